The van der Waals surface area contributed by atoms with E-state index < -0.39 is 0 Å². The molecule has 1 unspecified atom stereocenters. The lowest BCUT2D eigenvalue weighted by Crippen LogP contribution is -2.51. The molecule has 2 aromatic rings. The smallest absolute Gasteiger partial charge is 0.260 e. The summed E-state index contributed by atoms with van der Waals surface area (Å²) in [4.78, 5) is 32.7. The van der Waals surface area contributed by atoms with Crippen molar-refractivity contribution < 1.29 is 14.3 Å². The Labute approximate surface area is 166 Å². The fourth-order valence-electron chi connectivity index (χ4n) is 3.56. The third-order valence-electron chi connectivity index (χ3n) is 5.02. The molecule has 0 spiro atoms. The van der Waals surface area contributed by atoms with Gasteiger partial charge in [-0.3, -0.25) is 14.6 Å². The zero-order valence-electron chi connectivity index (χ0n) is 16.5. The molecule has 0 saturated carbocycles. The predicted octanol–water partition coefficient (Wildman–Crippen LogP) is 2.81. The zero-order valence-corrected chi connectivity index (χ0v) is 16.5. The van der Waals surface area contributed by atoms with Gasteiger partial charge in [0.05, 0.1) is 0 Å². The maximum Gasteiger partial charge on any atom is 0.260 e. The second-order valence-electron chi connectivity index (χ2n) is 7.25. The minimum absolute atomic E-state index is 0.00868. The molecule has 1 aliphatic heterocycles. The minimum atomic E-state index is -0.0453. The number of benzene rings is 1. The van der Waals surface area contributed by atoms with E-state index in [-0.39, 0.29) is 24.5 Å². The second kappa shape index (κ2) is 9.35. The number of aromatic nitrogens is 1. The number of amides is 2. The standard InChI is InChI=1S/C22H27N3O3/c1-17-6-3-9-21(12-17)28-16-22(27)24-11-5-8-20(15-24)25(18(2)26)14-19-7-4-10-23-13-19/h3-4,6-7,9-10,12-13,20H,5,8,11,14-16H2,1-2H3. The molecule has 0 aliphatic carbocycles. The summed E-state index contributed by atoms with van der Waals surface area (Å²) in [5, 5.41) is 0. The highest BCUT2D eigenvalue weighted by Gasteiger charge is 2.29. The number of hydrogen-bond donors (Lipinski definition) is 0. The van der Waals surface area contributed by atoms with E-state index in [0.717, 1.165) is 24.0 Å². The number of nitrogens with zero attached hydrogens (tertiary/aromatic N) is 3. The van der Waals surface area contributed by atoms with Gasteiger partial charge < -0.3 is 14.5 Å². The van der Waals surface area contributed by atoms with Gasteiger partial charge in [-0.05, 0) is 49.1 Å². The average Bonchev–Trinajstić information content (AvgIpc) is 2.71. The van der Waals surface area contributed by atoms with Gasteiger partial charge in [0.15, 0.2) is 6.61 Å². The van der Waals surface area contributed by atoms with Crippen molar-refractivity contribution in [1.29, 1.82) is 0 Å². The van der Waals surface area contributed by atoms with Crippen LogP contribution in [-0.2, 0) is 16.1 Å². The monoisotopic (exact) mass is 381 g/mol. The molecule has 6 nitrogen and oxygen atoms in total. The highest BCUT2D eigenvalue weighted by atomic mass is 16.5. The summed E-state index contributed by atoms with van der Waals surface area (Å²) >= 11 is 0. The molecule has 2 heterocycles. The Morgan fingerprint density at radius 3 is 2.86 bits per heavy atom. The van der Waals surface area contributed by atoms with Crippen LogP contribution in [0.5, 0.6) is 5.75 Å². The maximum atomic E-state index is 12.6. The molecule has 0 radical (unpaired) electrons. The third-order valence-corrected chi connectivity index (χ3v) is 5.02. The minimum Gasteiger partial charge on any atom is -0.484 e. The molecular weight excluding hydrogens is 354 g/mol. The first kappa shape index (κ1) is 19.9. The average molecular weight is 381 g/mol. The molecule has 1 fully saturated rings. The van der Waals surface area contributed by atoms with Crippen molar-refractivity contribution in [2.75, 3.05) is 19.7 Å². The van der Waals surface area contributed by atoms with Crippen molar-refractivity contribution in [1.82, 2.24) is 14.8 Å². The zero-order chi connectivity index (χ0) is 19.9. The first-order chi connectivity index (χ1) is 13.5. The Balaban J connectivity index is 1.59. The summed E-state index contributed by atoms with van der Waals surface area (Å²) in [7, 11) is 0. The summed E-state index contributed by atoms with van der Waals surface area (Å²) in [5.41, 5.74) is 2.08. The van der Waals surface area contributed by atoms with Gasteiger partial charge in [0, 0.05) is 45.0 Å². The highest BCUT2D eigenvalue weighted by molar-refractivity contribution is 5.78. The molecule has 1 aliphatic rings. The van der Waals surface area contributed by atoms with Crippen LogP contribution in [0.2, 0.25) is 0 Å². The third kappa shape index (κ3) is 5.31. The van der Waals surface area contributed by atoms with Gasteiger partial charge in [-0.1, -0.05) is 18.2 Å². The fraction of sp³-hybridized carbons (Fsp3) is 0.409. The summed E-state index contributed by atoms with van der Waals surface area (Å²) < 4.78 is 5.66. The number of piperidine rings is 1. The Morgan fingerprint density at radius 1 is 1.29 bits per heavy atom. The SMILES string of the molecule is CC(=O)N(Cc1cccnc1)C1CCCN(C(=O)COc2cccc(C)c2)C1. The van der Waals surface area contributed by atoms with Gasteiger partial charge in [0.2, 0.25) is 5.91 Å². The molecule has 28 heavy (non-hydrogen) atoms. The number of carbonyl (C=O) groups excluding carboxylic acids is 2. The van der Waals surface area contributed by atoms with Gasteiger partial charge in [0.25, 0.3) is 5.91 Å². The van der Waals surface area contributed by atoms with E-state index in [0.29, 0.717) is 25.4 Å². The van der Waals surface area contributed by atoms with Crippen LogP contribution in [0.4, 0.5) is 0 Å². The molecular formula is C22H27N3O3. The summed E-state index contributed by atoms with van der Waals surface area (Å²) in [5.74, 6) is 0.666. The quantitative estimate of drug-likeness (QED) is 0.772. The predicted molar refractivity (Wildman–Crippen MR) is 107 cm³/mol. The van der Waals surface area contributed by atoms with Crippen molar-refractivity contribution >= 4 is 11.8 Å². The van der Waals surface area contributed by atoms with Crippen molar-refractivity contribution in [3.8, 4) is 5.75 Å². The largest absolute Gasteiger partial charge is 0.484 e. The van der Waals surface area contributed by atoms with Crippen LogP contribution in [0.1, 0.15) is 30.9 Å². The van der Waals surface area contributed by atoms with Gasteiger partial charge in [-0.15, -0.1) is 0 Å². The van der Waals surface area contributed by atoms with Crippen molar-refractivity contribution in [2.24, 2.45) is 0 Å². The fourth-order valence-corrected chi connectivity index (χ4v) is 3.56. The topological polar surface area (TPSA) is 62.7 Å². The Kier molecular flexibility index (Phi) is 6.63. The van der Waals surface area contributed by atoms with Crippen LogP contribution in [0.25, 0.3) is 0 Å². The van der Waals surface area contributed by atoms with E-state index in [1.165, 1.54) is 0 Å². The summed E-state index contributed by atoms with van der Waals surface area (Å²) in [6, 6.07) is 11.5. The molecule has 6 heteroatoms. The van der Waals surface area contributed by atoms with E-state index in [9.17, 15) is 9.59 Å². The molecule has 1 aromatic heterocycles. The summed E-state index contributed by atoms with van der Waals surface area (Å²) in [6.07, 6.45) is 5.26. The number of ether oxygens (including phenoxy) is 1. The van der Waals surface area contributed by atoms with E-state index >= 15 is 0 Å². The van der Waals surface area contributed by atoms with Crippen LogP contribution in [0.3, 0.4) is 0 Å². The number of likely N-dealkylation sites (tertiary alicyclic amines) is 1. The van der Waals surface area contributed by atoms with E-state index in [1.54, 1.807) is 19.3 Å². The number of aryl methyl sites for hydroxylation is 1. The van der Waals surface area contributed by atoms with Gasteiger partial charge in [0.1, 0.15) is 5.75 Å². The molecule has 148 valence electrons. The molecule has 1 saturated heterocycles. The van der Waals surface area contributed by atoms with Crippen LogP contribution >= 0.6 is 0 Å². The van der Waals surface area contributed by atoms with E-state index in [1.807, 2.05) is 53.1 Å². The second-order valence-corrected chi connectivity index (χ2v) is 7.25. The Hall–Kier alpha value is -2.89. The highest BCUT2D eigenvalue weighted by Crippen LogP contribution is 2.19. The summed E-state index contributed by atoms with van der Waals surface area (Å²) in [6.45, 7) is 5.33. The lowest BCUT2D eigenvalue weighted by molar-refractivity contribution is -0.140. The van der Waals surface area contributed by atoms with Gasteiger partial charge in [-0.2, -0.15) is 0 Å². The van der Waals surface area contributed by atoms with E-state index in [2.05, 4.69) is 4.98 Å². The lowest BCUT2D eigenvalue weighted by Gasteiger charge is -2.39. The molecule has 0 N–H and O–H groups in total. The molecule has 0 bridgehead atoms. The van der Waals surface area contributed by atoms with E-state index in [4.69, 9.17) is 4.74 Å². The number of pyridine rings is 1. The number of carbonyl (C=O) groups is 2. The van der Waals surface area contributed by atoms with Crippen molar-refractivity contribution in [2.45, 2.75) is 39.3 Å². The van der Waals surface area contributed by atoms with Crippen LogP contribution in [0.15, 0.2) is 48.8 Å². The lowest BCUT2D eigenvalue weighted by atomic mass is 10.0. The molecule has 3 rings (SSSR count). The van der Waals surface area contributed by atoms with Gasteiger partial charge in [-0.25, -0.2) is 0 Å². The van der Waals surface area contributed by atoms with Crippen LogP contribution in [-0.4, -0.2) is 52.3 Å². The normalized spacial score (nSPS) is 16.5. The van der Waals surface area contributed by atoms with Crippen molar-refractivity contribution in [3.63, 3.8) is 0 Å². The van der Waals surface area contributed by atoms with Crippen LogP contribution < -0.4 is 4.74 Å². The van der Waals surface area contributed by atoms with Crippen LogP contribution in [0, 0.1) is 6.92 Å². The molecule has 1 atom stereocenters. The first-order valence-corrected chi connectivity index (χ1v) is 9.66. The molecule has 2 amide bonds. The van der Waals surface area contributed by atoms with Gasteiger partial charge >= 0.3 is 0 Å². The maximum absolute atomic E-state index is 12.6. The Morgan fingerprint density at radius 2 is 2.14 bits per heavy atom. The van der Waals surface area contributed by atoms with Crippen molar-refractivity contribution in [3.05, 3.63) is 59.9 Å². The number of hydrogen-bond acceptors (Lipinski definition) is 4. The first-order valence-electron chi connectivity index (χ1n) is 9.66. The number of rotatable bonds is 6. The Bertz CT molecular complexity index is 810. The molecule has 1 aromatic carbocycles.